The Hall–Kier alpha value is -1.32. The first-order valence-electron chi connectivity index (χ1n) is 7.41. The van der Waals surface area contributed by atoms with Crippen molar-refractivity contribution in [3.8, 4) is 0 Å². The molecule has 0 fully saturated rings. The predicted octanol–water partition coefficient (Wildman–Crippen LogP) is 5.03. The fourth-order valence-corrected chi connectivity index (χ4v) is 2.78. The first kappa shape index (κ1) is 16.1. The number of halogens is 1. The number of hydrogen-bond donors (Lipinski definition) is 1. The standard InChI is InChI=1S/C18H23BrN2/c1-4-10-20-13-15-8-9-17(12-18(15)19)21(3)16-7-5-6-14(2)11-16/h5-9,11-12,20H,4,10,13H2,1-3H3. The summed E-state index contributed by atoms with van der Waals surface area (Å²) in [6, 6.07) is 15.1. The van der Waals surface area contributed by atoms with Gasteiger partial charge in [-0.3, -0.25) is 0 Å². The molecular formula is C18H23BrN2. The number of benzene rings is 2. The van der Waals surface area contributed by atoms with Crippen LogP contribution in [0.15, 0.2) is 46.9 Å². The van der Waals surface area contributed by atoms with Crippen LogP contribution < -0.4 is 10.2 Å². The van der Waals surface area contributed by atoms with Crippen molar-refractivity contribution in [2.45, 2.75) is 26.8 Å². The molecule has 0 spiro atoms. The van der Waals surface area contributed by atoms with Crippen LogP contribution in [0.2, 0.25) is 0 Å². The molecule has 2 rings (SSSR count). The third-order valence-electron chi connectivity index (χ3n) is 3.56. The van der Waals surface area contributed by atoms with E-state index >= 15 is 0 Å². The molecule has 0 heterocycles. The molecule has 112 valence electrons. The number of hydrogen-bond acceptors (Lipinski definition) is 2. The van der Waals surface area contributed by atoms with E-state index in [2.05, 4.69) is 89.5 Å². The predicted molar refractivity (Wildman–Crippen MR) is 95.4 cm³/mol. The smallest absolute Gasteiger partial charge is 0.0419 e. The quantitative estimate of drug-likeness (QED) is 0.738. The van der Waals surface area contributed by atoms with Gasteiger partial charge in [0.15, 0.2) is 0 Å². The summed E-state index contributed by atoms with van der Waals surface area (Å²) in [7, 11) is 2.10. The van der Waals surface area contributed by atoms with E-state index in [0.717, 1.165) is 24.0 Å². The van der Waals surface area contributed by atoms with Crippen molar-refractivity contribution >= 4 is 27.3 Å². The maximum Gasteiger partial charge on any atom is 0.0419 e. The minimum absolute atomic E-state index is 0.906. The molecule has 0 aromatic heterocycles. The van der Waals surface area contributed by atoms with Crippen LogP contribution in [0.25, 0.3) is 0 Å². The summed E-state index contributed by atoms with van der Waals surface area (Å²) in [5.74, 6) is 0. The zero-order chi connectivity index (χ0) is 15.2. The molecule has 0 aliphatic carbocycles. The summed E-state index contributed by atoms with van der Waals surface area (Å²) in [6.45, 7) is 6.26. The Bertz CT molecular complexity index is 596. The van der Waals surface area contributed by atoms with Crippen molar-refractivity contribution in [3.05, 3.63) is 58.1 Å². The highest BCUT2D eigenvalue weighted by Gasteiger charge is 2.07. The van der Waals surface area contributed by atoms with Crippen LogP contribution in [0, 0.1) is 6.92 Å². The maximum atomic E-state index is 3.69. The normalized spacial score (nSPS) is 10.7. The van der Waals surface area contributed by atoms with Crippen molar-refractivity contribution in [1.82, 2.24) is 5.32 Å². The summed E-state index contributed by atoms with van der Waals surface area (Å²) in [4.78, 5) is 2.21. The molecule has 0 saturated carbocycles. The first-order valence-corrected chi connectivity index (χ1v) is 8.20. The Morgan fingerprint density at radius 1 is 1.10 bits per heavy atom. The van der Waals surface area contributed by atoms with Gasteiger partial charge in [-0.2, -0.15) is 0 Å². The van der Waals surface area contributed by atoms with Gasteiger partial charge in [-0.15, -0.1) is 0 Å². The Morgan fingerprint density at radius 2 is 1.86 bits per heavy atom. The molecule has 21 heavy (non-hydrogen) atoms. The van der Waals surface area contributed by atoms with E-state index in [1.54, 1.807) is 0 Å². The molecule has 0 amide bonds. The van der Waals surface area contributed by atoms with Crippen LogP contribution in [0.4, 0.5) is 11.4 Å². The summed E-state index contributed by atoms with van der Waals surface area (Å²) >= 11 is 3.69. The average Bonchev–Trinajstić information content (AvgIpc) is 2.48. The minimum atomic E-state index is 0.906. The lowest BCUT2D eigenvalue weighted by Crippen LogP contribution is -2.14. The Kier molecular flexibility index (Phi) is 5.83. The van der Waals surface area contributed by atoms with E-state index in [-0.39, 0.29) is 0 Å². The van der Waals surface area contributed by atoms with Gasteiger partial charge in [0.2, 0.25) is 0 Å². The van der Waals surface area contributed by atoms with Crippen LogP contribution in [0.5, 0.6) is 0 Å². The van der Waals surface area contributed by atoms with Crippen LogP contribution in [-0.2, 0) is 6.54 Å². The summed E-state index contributed by atoms with van der Waals surface area (Å²) in [5, 5.41) is 3.44. The lowest BCUT2D eigenvalue weighted by Gasteiger charge is -2.21. The maximum absolute atomic E-state index is 3.69. The Balaban J connectivity index is 2.15. The molecule has 3 heteroatoms. The monoisotopic (exact) mass is 346 g/mol. The van der Waals surface area contributed by atoms with E-state index in [0.29, 0.717) is 0 Å². The first-order chi connectivity index (χ1) is 10.1. The third kappa shape index (κ3) is 4.32. The number of nitrogens with zero attached hydrogens (tertiary/aromatic N) is 1. The molecule has 0 aliphatic rings. The molecule has 0 unspecified atom stereocenters. The number of aryl methyl sites for hydroxylation is 1. The Labute approximate surface area is 136 Å². The van der Waals surface area contributed by atoms with E-state index in [4.69, 9.17) is 0 Å². The number of nitrogens with one attached hydrogen (secondary N) is 1. The van der Waals surface area contributed by atoms with Crippen LogP contribution in [-0.4, -0.2) is 13.6 Å². The molecule has 0 saturated heterocycles. The molecule has 0 atom stereocenters. The van der Waals surface area contributed by atoms with Crippen molar-refractivity contribution < 1.29 is 0 Å². The molecule has 0 aliphatic heterocycles. The van der Waals surface area contributed by atoms with Gasteiger partial charge in [0, 0.05) is 29.4 Å². The SMILES string of the molecule is CCCNCc1ccc(N(C)c2cccc(C)c2)cc1Br. The Morgan fingerprint density at radius 3 is 2.52 bits per heavy atom. The van der Waals surface area contributed by atoms with Gasteiger partial charge in [-0.25, -0.2) is 0 Å². The summed E-state index contributed by atoms with van der Waals surface area (Å²) in [5.41, 5.74) is 4.97. The molecule has 2 aromatic rings. The zero-order valence-corrected chi connectivity index (χ0v) is 14.6. The van der Waals surface area contributed by atoms with Gasteiger partial charge in [-0.1, -0.05) is 41.1 Å². The largest absolute Gasteiger partial charge is 0.345 e. The van der Waals surface area contributed by atoms with Crippen molar-refractivity contribution in [2.75, 3.05) is 18.5 Å². The van der Waals surface area contributed by atoms with E-state index in [1.165, 1.54) is 22.5 Å². The van der Waals surface area contributed by atoms with Crippen LogP contribution in [0.1, 0.15) is 24.5 Å². The van der Waals surface area contributed by atoms with Gasteiger partial charge in [0.1, 0.15) is 0 Å². The van der Waals surface area contributed by atoms with E-state index < -0.39 is 0 Å². The van der Waals surface area contributed by atoms with Crippen molar-refractivity contribution in [1.29, 1.82) is 0 Å². The summed E-state index contributed by atoms with van der Waals surface area (Å²) in [6.07, 6.45) is 1.16. The average molecular weight is 347 g/mol. The van der Waals surface area contributed by atoms with Crippen LogP contribution >= 0.6 is 15.9 Å². The topological polar surface area (TPSA) is 15.3 Å². The van der Waals surface area contributed by atoms with E-state index in [9.17, 15) is 0 Å². The number of anilines is 2. The highest BCUT2D eigenvalue weighted by Crippen LogP contribution is 2.28. The van der Waals surface area contributed by atoms with Gasteiger partial charge in [-0.05, 0) is 55.3 Å². The second-order valence-electron chi connectivity index (χ2n) is 5.35. The molecule has 2 nitrogen and oxygen atoms in total. The minimum Gasteiger partial charge on any atom is -0.345 e. The third-order valence-corrected chi connectivity index (χ3v) is 4.29. The highest BCUT2D eigenvalue weighted by molar-refractivity contribution is 9.10. The highest BCUT2D eigenvalue weighted by atomic mass is 79.9. The van der Waals surface area contributed by atoms with Crippen molar-refractivity contribution in [2.24, 2.45) is 0 Å². The second kappa shape index (κ2) is 7.62. The zero-order valence-electron chi connectivity index (χ0n) is 13.0. The molecule has 1 N–H and O–H groups in total. The fourth-order valence-electron chi connectivity index (χ4n) is 2.27. The molecular weight excluding hydrogens is 324 g/mol. The molecule has 0 radical (unpaired) electrons. The van der Waals surface area contributed by atoms with Crippen molar-refractivity contribution in [3.63, 3.8) is 0 Å². The van der Waals surface area contributed by atoms with Crippen LogP contribution in [0.3, 0.4) is 0 Å². The molecule has 0 bridgehead atoms. The lowest BCUT2D eigenvalue weighted by molar-refractivity contribution is 0.674. The van der Waals surface area contributed by atoms with E-state index in [1.807, 2.05) is 0 Å². The number of rotatable bonds is 6. The van der Waals surface area contributed by atoms with Gasteiger partial charge >= 0.3 is 0 Å². The van der Waals surface area contributed by atoms with Gasteiger partial charge < -0.3 is 10.2 Å². The van der Waals surface area contributed by atoms with Gasteiger partial charge in [0.25, 0.3) is 0 Å². The second-order valence-corrected chi connectivity index (χ2v) is 6.20. The lowest BCUT2D eigenvalue weighted by atomic mass is 10.1. The fraction of sp³-hybridized carbons (Fsp3) is 0.333. The molecule has 2 aromatic carbocycles. The summed E-state index contributed by atoms with van der Waals surface area (Å²) < 4.78 is 1.16. The van der Waals surface area contributed by atoms with Gasteiger partial charge in [0.05, 0.1) is 0 Å².